The molecule has 0 bridgehead atoms. The predicted octanol–water partition coefficient (Wildman–Crippen LogP) is 4.04. The number of fused-ring (bicyclic) bond motifs is 1. The molecule has 6 nitrogen and oxygen atoms in total. The molecule has 1 amide bonds. The van der Waals surface area contributed by atoms with Crippen LogP contribution in [0.4, 0.5) is 0 Å². The van der Waals surface area contributed by atoms with Crippen LogP contribution in [0.3, 0.4) is 0 Å². The van der Waals surface area contributed by atoms with Crippen LogP contribution in [0.5, 0.6) is 5.75 Å². The highest BCUT2D eigenvalue weighted by Gasteiger charge is 2.24. The van der Waals surface area contributed by atoms with Crippen LogP contribution >= 0.6 is 0 Å². The minimum Gasteiger partial charge on any atom is -0.496 e. The molecule has 4 aromatic rings. The Kier molecular flexibility index (Phi) is 5.71. The lowest BCUT2D eigenvalue weighted by atomic mass is 9.98. The summed E-state index contributed by atoms with van der Waals surface area (Å²) in [4.78, 5) is 22.4. The summed E-state index contributed by atoms with van der Waals surface area (Å²) < 4.78 is 7.46. The Bertz CT molecular complexity index is 1250. The van der Waals surface area contributed by atoms with Gasteiger partial charge in [-0.25, -0.2) is 4.98 Å². The molecule has 158 valence electrons. The first kappa shape index (κ1) is 20.6. The number of imidazole rings is 1. The van der Waals surface area contributed by atoms with Gasteiger partial charge in [-0.1, -0.05) is 36.4 Å². The number of rotatable bonds is 6. The van der Waals surface area contributed by atoms with Crippen LogP contribution in [-0.4, -0.2) is 27.6 Å². The fourth-order valence-corrected chi connectivity index (χ4v) is 4.04. The molecule has 6 heteroatoms. The summed E-state index contributed by atoms with van der Waals surface area (Å²) in [5.74, 6) is 1.35. The van der Waals surface area contributed by atoms with Gasteiger partial charge in [-0.15, -0.1) is 0 Å². The largest absolute Gasteiger partial charge is 0.496 e. The molecule has 1 atom stereocenters. The van der Waals surface area contributed by atoms with Crippen molar-refractivity contribution in [2.75, 3.05) is 7.11 Å². The Morgan fingerprint density at radius 3 is 2.61 bits per heavy atom. The van der Waals surface area contributed by atoms with Crippen molar-refractivity contribution in [1.29, 1.82) is 0 Å². The van der Waals surface area contributed by atoms with Crippen molar-refractivity contribution in [2.45, 2.75) is 26.3 Å². The number of aryl methyl sites for hydroxylation is 3. The van der Waals surface area contributed by atoms with E-state index in [9.17, 15) is 4.79 Å². The maximum absolute atomic E-state index is 13.2. The SMILES string of the molecule is COc1ccccc1C(NC(=O)Cc1c(C)nc2ccccc2c1C)c1nccn1C. The zero-order valence-corrected chi connectivity index (χ0v) is 18.2. The third-order valence-corrected chi connectivity index (χ3v) is 5.69. The van der Waals surface area contributed by atoms with E-state index in [1.165, 1.54) is 0 Å². The fraction of sp³-hybridized carbons (Fsp3) is 0.240. The van der Waals surface area contributed by atoms with Crippen molar-refractivity contribution in [3.05, 3.63) is 89.1 Å². The molecule has 0 radical (unpaired) electrons. The predicted molar refractivity (Wildman–Crippen MR) is 121 cm³/mol. The van der Waals surface area contributed by atoms with Crippen LogP contribution < -0.4 is 10.1 Å². The molecule has 4 rings (SSSR count). The number of hydrogen-bond acceptors (Lipinski definition) is 4. The van der Waals surface area contributed by atoms with Gasteiger partial charge < -0.3 is 14.6 Å². The second-order valence-corrected chi connectivity index (χ2v) is 7.63. The van der Waals surface area contributed by atoms with Crippen LogP contribution in [0.2, 0.25) is 0 Å². The number of carbonyl (C=O) groups excluding carboxylic acids is 1. The highest BCUT2D eigenvalue weighted by atomic mass is 16.5. The minimum absolute atomic E-state index is 0.0952. The van der Waals surface area contributed by atoms with E-state index < -0.39 is 6.04 Å². The Balaban J connectivity index is 1.68. The third-order valence-electron chi connectivity index (χ3n) is 5.69. The van der Waals surface area contributed by atoms with Gasteiger partial charge in [0, 0.05) is 36.1 Å². The molecule has 2 heterocycles. The minimum atomic E-state index is -0.433. The lowest BCUT2D eigenvalue weighted by Gasteiger charge is -2.22. The molecule has 31 heavy (non-hydrogen) atoms. The number of amides is 1. The van der Waals surface area contributed by atoms with E-state index in [2.05, 4.69) is 17.2 Å². The van der Waals surface area contributed by atoms with E-state index in [1.807, 2.05) is 73.3 Å². The summed E-state index contributed by atoms with van der Waals surface area (Å²) in [7, 11) is 3.54. The number of benzene rings is 2. The van der Waals surface area contributed by atoms with Gasteiger partial charge in [0.2, 0.25) is 5.91 Å². The second-order valence-electron chi connectivity index (χ2n) is 7.63. The normalized spacial score (nSPS) is 12.0. The summed E-state index contributed by atoms with van der Waals surface area (Å²) in [6.07, 6.45) is 3.84. The van der Waals surface area contributed by atoms with Gasteiger partial charge in [0.25, 0.3) is 0 Å². The number of nitrogens with zero attached hydrogens (tertiary/aromatic N) is 3. The number of para-hydroxylation sites is 2. The zero-order valence-electron chi connectivity index (χ0n) is 18.2. The molecular formula is C25H26N4O2. The molecule has 1 N–H and O–H groups in total. The van der Waals surface area contributed by atoms with Gasteiger partial charge in [-0.2, -0.15) is 0 Å². The molecule has 0 fully saturated rings. The summed E-state index contributed by atoms with van der Waals surface area (Å²) in [6, 6.07) is 15.3. The second kappa shape index (κ2) is 8.60. The van der Waals surface area contributed by atoms with E-state index in [1.54, 1.807) is 13.3 Å². The fourth-order valence-electron chi connectivity index (χ4n) is 4.04. The van der Waals surface area contributed by atoms with Gasteiger partial charge in [-0.05, 0) is 37.1 Å². The Morgan fingerprint density at radius 1 is 1.13 bits per heavy atom. The Labute approximate surface area is 181 Å². The molecule has 0 aliphatic heterocycles. The number of carbonyl (C=O) groups is 1. The van der Waals surface area contributed by atoms with Gasteiger partial charge in [0.15, 0.2) is 0 Å². The molecule has 0 spiro atoms. The van der Waals surface area contributed by atoms with Gasteiger partial charge in [0.05, 0.1) is 19.0 Å². The number of hydrogen-bond donors (Lipinski definition) is 1. The van der Waals surface area contributed by atoms with Crippen LogP contribution in [0.15, 0.2) is 60.9 Å². The average molecular weight is 415 g/mol. The molecule has 0 aliphatic rings. The van der Waals surface area contributed by atoms with Crippen LogP contribution in [-0.2, 0) is 18.3 Å². The lowest BCUT2D eigenvalue weighted by molar-refractivity contribution is -0.121. The van der Waals surface area contributed by atoms with Crippen molar-refractivity contribution < 1.29 is 9.53 Å². The van der Waals surface area contributed by atoms with E-state index in [4.69, 9.17) is 9.72 Å². The maximum Gasteiger partial charge on any atom is 0.225 e. The zero-order chi connectivity index (χ0) is 22.0. The quantitative estimate of drug-likeness (QED) is 0.517. The number of aromatic nitrogens is 3. The molecule has 0 saturated carbocycles. The van der Waals surface area contributed by atoms with E-state index in [-0.39, 0.29) is 12.3 Å². The summed E-state index contributed by atoms with van der Waals surface area (Å²) >= 11 is 0. The monoisotopic (exact) mass is 414 g/mol. The van der Waals surface area contributed by atoms with Gasteiger partial charge in [-0.3, -0.25) is 9.78 Å². The lowest BCUT2D eigenvalue weighted by Crippen LogP contribution is -2.32. The van der Waals surface area contributed by atoms with Crippen LogP contribution in [0.25, 0.3) is 10.9 Å². The van der Waals surface area contributed by atoms with E-state index in [0.29, 0.717) is 5.75 Å². The molecule has 2 aromatic heterocycles. The first-order chi connectivity index (χ1) is 15.0. The number of nitrogens with one attached hydrogen (secondary N) is 1. The number of methoxy groups -OCH3 is 1. The standard InChI is InChI=1S/C25H26N4O2/c1-16-18-9-5-7-11-21(18)27-17(2)20(16)15-23(30)28-24(25-26-13-14-29(25)3)19-10-6-8-12-22(19)31-4/h5-14,24H,15H2,1-4H3,(H,28,30). The number of pyridine rings is 1. The van der Waals surface area contributed by atoms with Gasteiger partial charge >= 0.3 is 0 Å². The molecular weight excluding hydrogens is 388 g/mol. The van der Waals surface area contributed by atoms with Crippen molar-refractivity contribution in [3.8, 4) is 5.75 Å². The van der Waals surface area contributed by atoms with Crippen LogP contribution in [0, 0.1) is 13.8 Å². The highest BCUT2D eigenvalue weighted by Crippen LogP contribution is 2.29. The van der Waals surface area contributed by atoms with Crippen molar-refractivity contribution in [1.82, 2.24) is 19.9 Å². The first-order valence-electron chi connectivity index (χ1n) is 10.2. The van der Waals surface area contributed by atoms with Crippen molar-refractivity contribution in [3.63, 3.8) is 0 Å². The van der Waals surface area contributed by atoms with Gasteiger partial charge in [0.1, 0.15) is 17.6 Å². The smallest absolute Gasteiger partial charge is 0.225 e. The van der Waals surface area contributed by atoms with Crippen LogP contribution in [0.1, 0.15) is 34.3 Å². The summed E-state index contributed by atoms with van der Waals surface area (Å²) in [6.45, 7) is 4.01. The topological polar surface area (TPSA) is 69.0 Å². The maximum atomic E-state index is 13.2. The van der Waals surface area contributed by atoms with E-state index >= 15 is 0 Å². The molecule has 0 aliphatic carbocycles. The molecule has 1 unspecified atom stereocenters. The third kappa shape index (κ3) is 4.01. The average Bonchev–Trinajstić information content (AvgIpc) is 3.20. The summed E-state index contributed by atoms with van der Waals surface area (Å²) in [5, 5.41) is 4.24. The number of ether oxygens (including phenoxy) is 1. The first-order valence-corrected chi connectivity index (χ1v) is 10.2. The van der Waals surface area contributed by atoms with Crippen molar-refractivity contribution >= 4 is 16.8 Å². The Morgan fingerprint density at radius 2 is 1.87 bits per heavy atom. The Hall–Kier alpha value is -3.67. The molecule has 0 saturated heterocycles. The molecule has 2 aromatic carbocycles. The summed E-state index contributed by atoms with van der Waals surface area (Å²) in [5.41, 5.74) is 4.72. The highest BCUT2D eigenvalue weighted by molar-refractivity contribution is 5.86. The van der Waals surface area contributed by atoms with Crippen molar-refractivity contribution in [2.24, 2.45) is 7.05 Å². The van der Waals surface area contributed by atoms with E-state index in [0.717, 1.165) is 39.1 Å².